The SMILES string of the molecule is CC(C)(C)c1cc2ccc3ccc(-c4c5ccccc5[c-]c5ccccc45)c4ccc(c1)c2c34.CC(C)(C)c1cc[c-]cc1.CC(C)(C)c1cc[c-]cc1.[Na+]. The molecule has 9 rings (SSSR count). The van der Waals surface area contributed by atoms with E-state index in [9.17, 15) is 0 Å². The van der Waals surface area contributed by atoms with E-state index in [1.165, 1.54) is 70.9 Å². The first-order valence-electron chi connectivity index (χ1n) is 19.2. The first-order valence-corrected chi connectivity index (χ1v) is 19.2. The molecule has 0 unspecified atom stereocenters. The van der Waals surface area contributed by atoms with Crippen LogP contribution in [0.25, 0.3) is 65.0 Å². The van der Waals surface area contributed by atoms with Crippen molar-refractivity contribution < 1.29 is 29.6 Å². The second kappa shape index (κ2) is 16.0. The van der Waals surface area contributed by atoms with E-state index in [1.54, 1.807) is 0 Å². The Labute approximate surface area is 351 Å². The van der Waals surface area contributed by atoms with E-state index in [-0.39, 0.29) is 45.8 Å². The summed E-state index contributed by atoms with van der Waals surface area (Å²) in [5.41, 5.74) is 7.38. The number of hydrogen-bond donors (Lipinski definition) is 0. The van der Waals surface area contributed by atoms with Gasteiger partial charge in [-0.25, -0.2) is 0 Å². The molecule has 0 aliphatic rings. The molecular formula is C54H51Na-2. The molecule has 0 saturated carbocycles. The van der Waals surface area contributed by atoms with Crippen LogP contribution >= 0.6 is 0 Å². The van der Waals surface area contributed by atoms with Gasteiger partial charge in [0, 0.05) is 0 Å². The van der Waals surface area contributed by atoms with Crippen LogP contribution in [-0.4, -0.2) is 0 Å². The molecule has 0 spiro atoms. The third-order valence-electron chi connectivity index (χ3n) is 10.6. The Morgan fingerprint density at radius 2 is 0.800 bits per heavy atom. The van der Waals surface area contributed by atoms with Gasteiger partial charge in [-0.2, -0.15) is 71.8 Å². The van der Waals surface area contributed by atoms with Gasteiger partial charge in [0.2, 0.25) is 0 Å². The summed E-state index contributed by atoms with van der Waals surface area (Å²) in [5, 5.41) is 12.9. The molecule has 0 aliphatic heterocycles. The van der Waals surface area contributed by atoms with Crippen molar-refractivity contribution in [1.29, 1.82) is 0 Å². The van der Waals surface area contributed by atoms with Crippen LogP contribution in [0.5, 0.6) is 0 Å². The molecule has 0 radical (unpaired) electrons. The van der Waals surface area contributed by atoms with E-state index in [4.69, 9.17) is 0 Å². The first kappa shape index (κ1) is 40.2. The minimum atomic E-state index is 0. The smallest absolute Gasteiger partial charge is 0.184 e. The average Bonchev–Trinajstić information content (AvgIpc) is 3.16. The number of rotatable bonds is 1. The van der Waals surface area contributed by atoms with Crippen LogP contribution in [-0.2, 0) is 16.2 Å². The number of fused-ring (bicyclic) bond motifs is 2. The van der Waals surface area contributed by atoms with Gasteiger partial charge in [-0.3, -0.25) is 0 Å². The van der Waals surface area contributed by atoms with Crippen molar-refractivity contribution in [3.05, 3.63) is 180 Å². The minimum Gasteiger partial charge on any atom is -0.184 e. The van der Waals surface area contributed by atoms with Gasteiger partial charge in [0.05, 0.1) is 0 Å². The molecule has 270 valence electrons. The number of hydrogen-bond acceptors (Lipinski definition) is 0. The van der Waals surface area contributed by atoms with Gasteiger partial charge in [-0.05, 0) is 59.7 Å². The van der Waals surface area contributed by atoms with Gasteiger partial charge < -0.3 is 0 Å². The van der Waals surface area contributed by atoms with Crippen molar-refractivity contribution >= 4 is 53.9 Å². The molecule has 0 heterocycles. The summed E-state index contributed by atoms with van der Waals surface area (Å²) < 4.78 is 0. The Bertz CT molecular complexity index is 2560. The van der Waals surface area contributed by atoms with Crippen LogP contribution in [0, 0.1) is 18.2 Å². The second-order valence-corrected chi connectivity index (χ2v) is 17.6. The maximum Gasteiger partial charge on any atom is 1.00 e. The van der Waals surface area contributed by atoms with Crippen LogP contribution in [0.3, 0.4) is 0 Å². The van der Waals surface area contributed by atoms with Gasteiger partial charge >= 0.3 is 29.6 Å². The van der Waals surface area contributed by atoms with E-state index >= 15 is 0 Å². The zero-order valence-electron chi connectivity index (χ0n) is 34.4. The summed E-state index contributed by atoms with van der Waals surface area (Å²) in [4.78, 5) is 0. The largest absolute Gasteiger partial charge is 1.00 e. The summed E-state index contributed by atoms with van der Waals surface area (Å²) in [5.74, 6) is 0. The second-order valence-electron chi connectivity index (χ2n) is 17.6. The van der Waals surface area contributed by atoms with E-state index in [1.807, 2.05) is 24.3 Å². The van der Waals surface area contributed by atoms with Gasteiger partial charge in [-0.15, -0.1) is 29.0 Å². The Balaban J connectivity index is 0.000000201. The van der Waals surface area contributed by atoms with Gasteiger partial charge in [0.25, 0.3) is 0 Å². The van der Waals surface area contributed by atoms with Crippen molar-refractivity contribution in [3.63, 3.8) is 0 Å². The van der Waals surface area contributed by atoms with Crippen LogP contribution in [0.15, 0.2) is 146 Å². The van der Waals surface area contributed by atoms with Crippen molar-refractivity contribution in [1.82, 2.24) is 0 Å². The molecule has 9 aromatic carbocycles. The maximum atomic E-state index is 3.64. The van der Waals surface area contributed by atoms with Crippen LogP contribution in [0.2, 0.25) is 0 Å². The molecule has 9 aromatic rings. The quantitative estimate of drug-likeness (QED) is 0.0685. The van der Waals surface area contributed by atoms with E-state index in [0.29, 0.717) is 0 Å². The third kappa shape index (κ3) is 8.53. The van der Waals surface area contributed by atoms with E-state index in [0.717, 1.165) is 10.8 Å². The fraction of sp³-hybridized carbons (Fsp3) is 0.222. The number of benzene rings is 9. The molecule has 0 atom stereocenters. The predicted octanol–water partition coefficient (Wildman–Crippen LogP) is 12.2. The zero-order valence-corrected chi connectivity index (χ0v) is 36.4. The maximum absolute atomic E-state index is 3.64. The van der Waals surface area contributed by atoms with Gasteiger partial charge in [-0.1, -0.05) is 164 Å². The molecule has 0 aromatic heterocycles. The molecule has 0 saturated heterocycles. The summed E-state index contributed by atoms with van der Waals surface area (Å²) in [7, 11) is 0. The third-order valence-corrected chi connectivity index (χ3v) is 10.6. The Hall–Kier alpha value is -4.46. The molecule has 1 heteroatoms. The molecule has 55 heavy (non-hydrogen) atoms. The molecule has 0 aliphatic carbocycles. The Kier molecular flexibility index (Phi) is 11.7. The summed E-state index contributed by atoms with van der Waals surface area (Å²) in [6.45, 7) is 20.1. The standard InChI is InChI=1S/C34H25.2C10H13.Na/c1-34(2,3)26-19-24-13-12-21-14-16-30(29-17-15-25(20-26)31(24)32(21)29)33-27-10-6-4-8-22(27)18-23-9-5-7-11-28(23)33;2*1-10(2,3)9-7-5-4-6-8-9;/h4-17,19-20H,1-3H3;2*5-8H,1-3H3;/q3*-1;+1. The van der Waals surface area contributed by atoms with Gasteiger partial charge in [0.15, 0.2) is 0 Å². The predicted molar refractivity (Wildman–Crippen MR) is 236 cm³/mol. The Morgan fingerprint density at radius 1 is 0.382 bits per heavy atom. The fourth-order valence-electron chi connectivity index (χ4n) is 7.44. The Morgan fingerprint density at radius 3 is 1.25 bits per heavy atom. The first-order chi connectivity index (χ1) is 25.7. The van der Waals surface area contributed by atoms with Crippen LogP contribution < -0.4 is 29.6 Å². The van der Waals surface area contributed by atoms with Gasteiger partial charge in [0.1, 0.15) is 0 Å². The van der Waals surface area contributed by atoms with Crippen molar-refractivity contribution in [3.8, 4) is 11.1 Å². The van der Waals surface area contributed by atoms with Crippen molar-refractivity contribution in [2.75, 3.05) is 0 Å². The summed E-state index contributed by atoms with van der Waals surface area (Å²) in [6.07, 6.45) is 0. The molecule has 0 N–H and O–H groups in total. The zero-order chi connectivity index (χ0) is 38.3. The molecule has 0 fully saturated rings. The molecule has 0 amide bonds. The summed E-state index contributed by atoms with van der Waals surface area (Å²) >= 11 is 0. The molecular weight excluding hydrogens is 672 g/mol. The normalized spacial score (nSPS) is 11.9. The molecule has 0 nitrogen and oxygen atoms in total. The van der Waals surface area contributed by atoms with Crippen LogP contribution in [0.1, 0.15) is 79.0 Å². The monoisotopic (exact) mass is 722 g/mol. The topological polar surface area (TPSA) is 0 Å². The average molecular weight is 723 g/mol. The van der Waals surface area contributed by atoms with E-state index in [2.05, 4.69) is 202 Å². The van der Waals surface area contributed by atoms with Crippen molar-refractivity contribution in [2.24, 2.45) is 0 Å². The fourth-order valence-corrected chi connectivity index (χ4v) is 7.44. The van der Waals surface area contributed by atoms with Crippen molar-refractivity contribution in [2.45, 2.75) is 78.6 Å². The van der Waals surface area contributed by atoms with E-state index < -0.39 is 0 Å². The van der Waals surface area contributed by atoms with Crippen LogP contribution in [0.4, 0.5) is 0 Å². The minimum absolute atomic E-state index is 0. The molecule has 0 bridgehead atoms. The summed E-state index contributed by atoms with van der Waals surface area (Å²) in [6, 6.07) is 61.9.